The van der Waals surface area contributed by atoms with Gasteiger partial charge in [0.05, 0.1) is 14.2 Å². The van der Waals surface area contributed by atoms with Crippen molar-refractivity contribution in [2.75, 3.05) is 14.2 Å². The van der Waals surface area contributed by atoms with Gasteiger partial charge < -0.3 is 19.5 Å². The third-order valence-electron chi connectivity index (χ3n) is 7.11. The molecule has 6 heteroatoms. The third kappa shape index (κ3) is 4.07. The molecule has 1 unspecified atom stereocenters. The number of esters is 1. The fourth-order valence-corrected chi connectivity index (χ4v) is 5.99. The molecule has 158 valence electrons. The number of hydrogen-bond acceptors (Lipinski definition) is 5. The highest BCUT2D eigenvalue weighted by Gasteiger charge is 2.50. The second kappa shape index (κ2) is 7.88. The highest BCUT2D eigenvalue weighted by Crippen LogP contribution is 2.54. The van der Waals surface area contributed by atoms with Crippen molar-refractivity contribution in [1.82, 2.24) is 5.32 Å². The number of nitrogens with one attached hydrogen (secondary N) is 1. The summed E-state index contributed by atoms with van der Waals surface area (Å²) in [4.78, 5) is 25.3. The van der Waals surface area contributed by atoms with E-state index in [1.54, 1.807) is 14.0 Å². The Morgan fingerprint density at radius 2 is 1.59 bits per heavy atom. The standard InChI is InChI=1S/C23H31NO5/c1-23(21(25)28-3,13-14-4-6-19(27-2)7-5-14)24-22(26)29-20-17-9-15-8-16(11-17)12-18(20)10-15/h4-7,15-18,20H,8-13H2,1-3H3,(H,24,26). The van der Waals surface area contributed by atoms with Crippen molar-refractivity contribution < 1.29 is 23.8 Å². The smallest absolute Gasteiger partial charge is 0.408 e. The second-order valence-electron chi connectivity index (χ2n) is 9.27. The lowest BCUT2D eigenvalue weighted by molar-refractivity contribution is -0.148. The normalized spacial score (nSPS) is 31.6. The average molecular weight is 402 g/mol. The van der Waals surface area contributed by atoms with E-state index in [0.717, 1.165) is 23.1 Å². The number of carbonyl (C=O) groups is 2. The topological polar surface area (TPSA) is 73.9 Å². The van der Waals surface area contributed by atoms with Crippen molar-refractivity contribution in [3.63, 3.8) is 0 Å². The van der Waals surface area contributed by atoms with E-state index in [1.807, 2.05) is 24.3 Å². The minimum atomic E-state index is -1.20. The molecule has 6 nitrogen and oxygen atoms in total. The molecular formula is C23H31NO5. The number of benzene rings is 1. The summed E-state index contributed by atoms with van der Waals surface area (Å²) in [6.45, 7) is 1.68. The van der Waals surface area contributed by atoms with Crippen LogP contribution in [0.5, 0.6) is 5.75 Å². The molecule has 0 spiro atoms. The van der Waals surface area contributed by atoms with Crippen LogP contribution >= 0.6 is 0 Å². The maximum absolute atomic E-state index is 12.8. The number of methoxy groups -OCH3 is 2. The predicted octanol–water partition coefficient (Wildman–Crippen LogP) is 3.72. The van der Waals surface area contributed by atoms with Crippen LogP contribution in [-0.2, 0) is 20.7 Å². The third-order valence-corrected chi connectivity index (χ3v) is 7.11. The number of amides is 1. The van der Waals surface area contributed by atoms with Crippen LogP contribution in [0.2, 0.25) is 0 Å². The number of alkyl carbamates (subject to hydrolysis) is 1. The molecule has 1 N–H and O–H groups in total. The Balaban J connectivity index is 1.43. The number of rotatable bonds is 6. The molecule has 0 aliphatic heterocycles. The monoisotopic (exact) mass is 401 g/mol. The number of carbonyl (C=O) groups excluding carboxylic acids is 2. The van der Waals surface area contributed by atoms with Crippen LogP contribution in [0.15, 0.2) is 24.3 Å². The van der Waals surface area contributed by atoms with Crippen LogP contribution in [0.4, 0.5) is 4.79 Å². The lowest BCUT2D eigenvalue weighted by Gasteiger charge is -2.53. The van der Waals surface area contributed by atoms with Crippen molar-refractivity contribution in [1.29, 1.82) is 0 Å². The zero-order valence-electron chi connectivity index (χ0n) is 17.5. The summed E-state index contributed by atoms with van der Waals surface area (Å²) >= 11 is 0. The van der Waals surface area contributed by atoms with Gasteiger partial charge in [0.1, 0.15) is 17.4 Å². The zero-order chi connectivity index (χ0) is 20.6. The van der Waals surface area contributed by atoms with Gasteiger partial charge in [0.2, 0.25) is 0 Å². The van der Waals surface area contributed by atoms with Crippen LogP contribution < -0.4 is 10.1 Å². The number of hydrogen-bond donors (Lipinski definition) is 1. The van der Waals surface area contributed by atoms with Gasteiger partial charge in [0.15, 0.2) is 0 Å². The Morgan fingerprint density at radius 3 is 2.10 bits per heavy atom. The molecule has 4 fully saturated rings. The van der Waals surface area contributed by atoms with E-state index >= 15 is 0 Å². The quantitative estimate of drug-likeness (QED) is 0.736. The Hall–Kier alpha value is -2.24. The Bertz CT molecular complexity index is 733. The molecule has 29 heavy (non-hydrogen) atoms. The molecule has 1 atom stereocenters. The fourth-order valence-electron chi connectivity index (χ4n) is 5.99. The Labute approximate surface area is 172 Å². The summed E-state index contributed by atoms with van der Waals surface area (Å²) in [5, 5.41) is 2.81. The fraction of sp³-hybridized carbons (Fsp3) is 0.652. The Morgan fingerprint density at radius 1 is 1.00 bits per heavy atom. The van der Waals surface area contributed by atoms with Gasteiger partial charge >= 0.3 is 12.1 Å². The molecule has 0 heterocycles. The van der Waals surface area contributed by atoms with Crippen molar-refractivity contribution >= 4 is 12.1 Å². The summed E-state index contributed by atoms with van der Waals surface area (Å²) < 4.78 is 16.1. The minimum absolute atomic E-state index is 0.0225. The largest absolute Gasteiger partial charge is 0.497 e. The van der Waals surface area contributed by atoms with Crippen molar-refractivity contribution in [3.05, 3.63) is 29.8 Å². The lowest BCUT2D eigenvalue weighted by Crippen LogP contribution is -2.57. The van der Waals surface area contributed by atoms with E-state index in [4.69, 9.17) is 14.2 Å². The van der Waals surface area contributed by atoms with Crippen LogP contribution in [-0.4, -0.2) is 37.9 Å². The van der Waals surface area contributed by atoms with E-state index in [0.29, 0.717) is 18.3 Å². The summed E-state index contributed by atoms with van der Waals surface area (Å²) in [6.07, 6.45) is 5.80. The maximum Gasteiger partial charge on any atom is 0.408 e. The van der Waals surface area contributed by atoms with Gasteiger partial charge in [-0.2, -0.15) is 0 Å². The summed E-state index contributed by atoms with van der Waals surface area (Å²) in [7, 11) is 2.94. The van der Waals surface area contributed by atoms with Crippen LogP contribution in [0.25, 0.3) is 0 Å². The van der Waals surface area contributed by atoms with Gasteiger partial charge in [-0.05, 0) is 80.4 Å². The average Bonchev–Trinajstić information content (AvgIpc) is 2.70. The first-order chi connectivity index (χ1) is 13.9. The van der Waals surface area contributed by atoms with E-state index < -0.39 is 17.6 Å². The first kappa shape index (κ1) is 20.0. The van der Waals surface area contributed by atoms with Gasteiger partial charge in [-0.3, -0.25) is 0 Å². The molecule has 1 aromatic carbocycles. The van der Waals surface area contributed by atoms with Crippen molar-refractivity contribution in [3.8, 4) is 5.75 Å². The lowest BCUT2D eigenvalue weighted by atomic mass is 9.55. The first-order valence-corrected chi connectivity index (χ1v) is 10.6. The minimum Gasteiger partial charge on any atom is -0.497 e. The Kier molecular flexibility index (Phi) is 5.45. The molecule has 0 aromatic heterocycles. The molecular weight excluding hydrogens is 370 g/mol. The van der Waals surface area contributed by atoms with Crippen LogP contribution in [0.1, 0.15) is 44.6 Å². The molecule has 1 aromatic rings. The number of ether oxygens (including phenoxy) is 3. The van der Waals surface area contributed by atoms with Gasteiger partial charge in [0, 0.05) is 6.42 Å². The summed E-state index contributed by atoms with van der Waals surface area (Å²) in [5.74, 6) is 2.83. The van der Waals surface area contributed by atoms with Gasteiger partial charge in [-0.15, -0.1) is 0 Å². The highest BCUT2D eigenvalue weighted by molar-refractivity contribution is 5.85. The molecule has 5 rings (SSSR count). The molecule has 1 amide bonds. The van der Waals surface area contributed by atoms with Crippen LogP contribution in [0, 0.1) is 23.7 Å². The molecule has 0 radical (unpaired) electrons. The van der Waals surface area contributed by atoms with E-state index in [-0.39, 0.29) is 6.10 Å². The van der Waals surface area contributed by atoms with Crippen molar-refractivity contribution in [2.45, 2.75) is 57.1 Å². The van der Waals surface area contributed by atoms with E-state index in [2.05, 4.69) is 5.32 Å². The second-order valence-corrected chi connectivity index (χ2v) is 9.27. The zero-order valence-corrected chi connectivity index (χ0v) is 17.5. The van der Waals surface area contributed by atoms with Gasteiger partial charge in [0.25, 0.3) is 0 Å². The van der Waals surface area contributed by atoms with Crippen LogP contribution in [0.3, 0.4) is 0 Å². The molecule has 4 aliphatic carbocycles. The van der Waals surface area contributed by atoms with Gasteiger partial charge in [-0.1, -0.05) is 12.1 Å². The molecule has 4 saturated carbocycles. The summed E-state index contributed by atoms with van der Waals surface area (Å²) in [6, 6.07) is 7.43. The molecule has 4 aliphatic rings. The van der Waals surface area contributed by atoms with Crippen molar-refractivity contribution in [2.24, 2.45) is 23.7 Å². The highest BCUT2D eigenvalue weighted by atomic mass is 16.6. The first-order valence-electron chi connectivity index (χ1n) is 10.6. The summed E-state index contributed by atoms with van der Waals surface area (Å²) in [5.41, 5.74) is -0.305. The SMILES string of the molecule is COC(=O)C(C)(Cc1ccc(OC)cc1)NC(=O)OC1C2CC3CC(C2)CC1C3. The van der Waals surface area contributed by atoms with E-state index in [9.17, 15) is 9.59 Å². The van der Waals surface area contributed by atoms with Gasteiger partial charge in [-0.25, -0.2) is 9.59 Å². The van der Waals surface area contributed by atoms with E-state index in [1.165, 1.54) is 39.2 Å². The predicted molar refractivity (Wildman–Crippen MR) is 108 cm³/mol. The maximum atomic E-state index is 12.8. The molecule has 4 bridgehead atoms. The molecule has 0 saturated heterocycles.